The second kappa shape index (κ2) is 7.60. The molecule has 132 valence electrons. The van der Waals surface area contributed by atoms with Crippen LogP contribution >= 0.6 is 0 Å². The van der Waals surface area contributed by atoms with Gasteiger partial charge in [-0.1, -0.05) is 35.0 Å². The van der Waals surface area contributed by atoms with Crippen LogP contribution in [0.4, 0.5) is 0 Å². The van der Waals surface area contributed by atoms with Gasteiger partial charge in [0.25, 0.3) is 11.8 Å². The molecule has 7 nitrogen and oxygen atoms in total. The Labute approximate surface area is 151 Å². The van der Waals surface area contributed by atoms with Crippen LogP contribution in [0, 0.1) is 6.92 Å². The molecule has 2 amide bonds. The number of benzene rings is 2. The molecule has 1 aromatic heterocycles. The Morgan fingerprint density at radius 1 is 1.00 bits per heavy atom. The summed E-state index contributed by atoms with van der Waals surface area (Å²) in [5.41, 5.74) is 3.69. The number of hydrogen-bond acceptors (Lipinski definition) is 4. The molecule has 0 saturated carbocycles. The van der Waals surface area contributed by atoms with Gasteiger partial charge < -0.3 is 10.6 Å². The van der Waals surface area contributed by atoms with E-state index in [1.165, 1.54) is 0 Å². The van der Waals surface area contributed by atoms with Crippen LogP contribution in [0.25, 0.3) is 5.69 Å². The Balaban J connectivity index is 1.62. The summed E-state index contributed by atoms with van der Waals surface area (Å²) >= 11 is 0. The highest BCUT2D eigenvalue weighted by molar-refractivity contribution is 5.94. The molecule has 0 atom stereocenters. The second-order valence-electron chi connectivity index (χ2n) is 5.84. The molecular formula is C19H19N5O2. The molecule has 26 heavy (non-hydrogen) atoms. The number of amides is 2. The maximum absolute atomic E-state index is 12.2. The van der Waals surface area contributed by atoms with Crippen molar-refractivity contribution >= 4 is 11.8 Å². The van der Waals surface area contributed by atoms with Gasteiger partial charge >= 0.3 is 0 Å². The van der Waals surface area contributed by atoms with Gasteiger partial charge in [0.1, 0.15) is 0 Å². The van der Waals surface area contributed by atoms with Crippen LogP contribution in [-0.4, -0.2) is 33.9 Å². The van der Waals surface area contributed by atoms with Gasteiger partial charge in [0.05, 0.1) is 11.9 Å². The smallest absolute Gasteiger partial charge is 0.273 e. The van der Waals surface area contributed by atoms with Gasteiger partial charge in [-0.2, -0.15) is 0 Å². The normalized spacial score (nSPS) is 10.4. The zero-order valence-corrected chi connectivity index (χ0v) is 14.6. The van der Waals surface area contributed by atoms with Crippen molar-refractivity contribution in [3.8, 4) is 5.69 Å². The first kappa shape index (κ1) is 17.3. The lowest BCUT2D eigenvalue weighted by molar-refractivity contribution is 0.0942. The minimum atomic E-state index is -0.307. The quantitative estimate of drug-likeness (QED) is 0.736. The summed E-state index contributed by atoms with van der Waals surface area (Å²) in [7, 11) is 1.58. The molecule has 0 saturated heterocycles. The fourth-order valence-electron chi connectivity index (χ4n) is 2.38. The molecule has 3 rings (SSSR count). The molecule has 0 unspecified atom stereocenters. The zero-order chi connectivity index (χ0) is 18.5. The minimum Gasteiger partial charge on any atom is -0.355 e. The molecular weight excluding hydrogens is 330 g/mol. The summed E-state index contributed by atoms with van der Waals surface area (Å²) in [4.78, 5) is 23.8. The van der Waals surface area contributed by atoms with Crippen LogP contribution in [0.15, 0.2) is 54.7 Å². The van der Waals surface area contributed by atoms with E-state index in [0.717, 1.165) is 16.8 Å². The SMILES string of the molecule is CNC(=O)c1ccc(CNC(=O)c2cn(-c3ccc(C)cc3)nn2)cc1. The highest BCUT2D eigenvalue weighted by atomic mass is 16.2. The van der Waals surface area contributed by atoms with Crippen LogP contribution in [0.5, 0.6) is 0 Å². The van der Waals surface area contributed by atoms with E-state index in [1.54, 1.807) is 42.2 Å². The van der Waals surface area contributed by atoms with E-state index in [2.05, 4.69) is 20.9 Å². The van der Waals surface area contributed by atoms with Crippen LogP contribution in [0.3, 0.4) is 0 Å². The fourth-order valence-corrected chi connectivity index (χ4v) is 2.38. The number of aromatic nitrogens is 3. The van der Waals surface area contributed by atoms with E-state index in [0.29, 0.717) is 12.1 Å². The molecule has 7 heteroatoms. The van der Waals surface area contributed by atoms with Gasteiger partial charge in [0, 0.05) is 19.2 Å². The van der Waals surface area contributed by atoms with Gasteiger partial charge in [0.2, 0.25) is 0 Å². The third-order valence-corrected chi connectivity index (χ3v) is 3.92. The zero-order valence-electron chi connectivity index (χ0n) is 14.6. The van der Waals surface area contributed by atoms with Crippen LogP contribution in [0.2, 0.25) is 0 Å². The number of hydrogen-bond donors (Lipinski definition) is 2. The molecule has 0 radical (unpaired) electrons. The number of carbonyl (C=O) groups is 2. The molecule has 0 aliphatic carbocycles. The number of nitrogens with one attached hydrogen (secondary N) is 2. The van der Waals surface area contributed by atoms with Gasteiger partial charge in [-0.25, -0.2) is 4.68 Å². The van der Waals surface area contributed by atoms with Gasteiger partial charge in [0.15, 0.2) is 5.69 Å². The molecule has 2 aromatic carbocycles. The standard InChI is InChI=1S/C19H19N5O2/c1-13-3-9-16(10-4-13)24-12-17(22-23-24)19(26)21-11-14-5-7-15(8-6-14)18(25)20-2/h3-10,12H,11H2,1-2H3,(H,20,25)(H,21,26). The molecule has 3 aromatic rings. The van der Waals surface area contributed by atoms with Crippen LogP contribution in [0.1, 0.15) is 32.0 Å². The Morgan fingerprint density at radius 2 is 1.69 bits per heavy atom. The Hall–Kier alpha value is -3.48. The fraction of sp³-hybridized carbons (Fsp3) is 0.158. The summed E-state index contributed by atoms with van der Waals surface area (Å²) in [6.45, 7) is 2.34. The largest absolute Gasteiger partial charge is 0.355 e. The van der Waals surface area contributed by atoms with Gasteiger partial charge in [-0.3, -0.25) is 9.59 Å². The van der Waals surface area contributed by atoms with Crippen molar-refractivity contribution in [2.24, 2.45) is 0 Å². The summed E-state index contributed by atoms with van der Waals surface area (Å²) in [5.74, 6) is -0.452. The van der Waals surface area contributed by atoms with E-state index >= 15 is 0 Å². The van der Waals surface area contributed by atoms with Crippen LogP contribution in [-0.2, 0) is 6.54 Å². The predicted molar refractivity (Wildman–Crippen MR) is 97.1 cm³/mol. The monoisotopic (exact) mass is 349 g/mol. The third kappa shape index (κ3) is 3.94. The van der Waals surface area contributed by atoms with E-state index in [9.17, 15) is 9.59 Å². The molecule has 0 bridgehead atoms. The highest BCUT2D eigenvalue weighted by Crippen LogP contribution is 2.09. The summed E-state index contributed by atoms with van der Waals surface area (Å²) < 4.78 is 1.56. The maximum atomic E-state index is 12.2. The first-order valence-electron chi connectivity index (χ1n) is 8.15. The maximum Gasteiger partial charge on any atom is 0.273 e. The lowest BCUT2D eigenvalue weighted by Crippen LogP contribution is -2.23. The van der Waals surface area contributed by atoms with Crippen molar-refractivity contribution in [2.75, 3.05) is 7.05 Å². The van der Waals surface area contributed by atoms with Crippen molar-refractivity contribution in [1.29, 1.82) is 0 Å². The van der Waals surface area contributed by atoms with E-state index in [4.69, 9.17) is 0 Å². The molecule has 2 N–H and O–H groups in total. The highest BCUT2D eigenvalue weighted by Gasteiger charge is 2.11. The predicted octanol–water partition coefficient (Wildman–Crippen LogP) is 1.87. The first-order chi connectivity index (χ1) is 12.6. The third-order valence-electron chi connectivity index (χ3n) is 3.92. The lowest BCUT2D eigenvalue weighted by atomic mass is 10.1. The molecule has 1 heterocycles. The van der Waals surface area contributed by atoms with Gasteiger partial charge in [-0.05, 0) is 36.8 Å². The molecule has 0 aliphatic heterocycles. The van der Waals surface area contributed by atoms with E-state index < -0.39 is 0 Å². The minimum absolute atomic E-state index is 0.145. The second-order valence-corrected chi connectivity index (χ2v) is 5.84. The van der Waals surface area contributed by atoms with Crippen molar-refractivity contribution in [1.82, 2.24) is 25.6 Å². The summed E-state index contributed by atoms with van der Waals surface area (Å²) in [6.07, 6.45) is 1.59. The van der Waals surface area contributed by atoms with Crippen molar-refractivity contribution < 1.29 is 9.59 Å². The number of nitrogens with zero attached hydrogens (tertiary/aromatic N) is 3. The van der Waals surface area contributed by atoms with Gasteiger partial charge in [-0.15, -0.1) is 5.10 Å². The molecule has 0 aliphatic rings. The number of carbonyl (C=O) groups excluding carboxylic acids is 2. The molecule has 0 spiro atoms. The number of aryl methyl sites for hydroxylation is 1. The Bertz CT molecular complexity index is 914. The van der Waals surface area contributed by atoms with E-state index in [1.807, 2.05) is 31.2 Å². The topological polar surface area (TPSA) is 88.9 Å². The first-order valence-corrected chi connectivity index (χ1v) is 8.15. The van der Waals surface area contributed by atoms with Crippen molar-refractivity contribution in [3.63, 3.8) is 0 Å². The Morgan fingerprint density at radius 3 is 2.35 bits per heavy atom. The Kier molecular flexibility index (Phi) is 5.07. The average molecular weight is 349 g/mol. The lowest BCUT2D eigenvalue weighted by Gasteiger charge is -2.05. The van der Waals surface area contributed by atoms with E-state index in [-0.39, 0.29) is 17.5 Å². The molecule has 0 fully saturated rings. The number of rotatable bonds is 5. The average Bonchev–Trinajstić information content (AvgIpc) is 3.16. The van der Waals surface area contributed by atoms with Crippen molar-refractivity contribution in [2.45, 2.75) is 13.5 Å². The summed E-state index contributed by atoms with van der Waals surface area (Å²) in [5, 5.41) is 13.3. The summed E-state index contributed by atoms with van der Waals surface area (Å²) in [6, 6.07) is 14.8. The van der Waals surface area contributed by atoms with Crippen LogP contribution < -0.4 is 10.6 Å². The van der Waals surface area contributed by atoms with Crippen molar-refractivity contribution in [3.05, 3.63) is 77.1 Å².